The highest BCUT2D eigenvalue weighted by Crippen LogP contribution is 2.21. The molecule has 0 radical (unpaired) electrons. The van der Waals surface area contributed by atoms with Crippen molar-refractivity contribution in [2.45, 2.75) is 19.4 Å². The highest BCUT2D eigenvalue weighted by molar-refractivity contribution is 5.09. The second-order valence-corrected chi connectivity index (χ2v) is 3.37. The number of aliphatic hydroxyl groups excluding tert-OH is 1. The van der Waals surface area contributed by atoms with Gasteiger partial charge in [-0.05, 0) is 25.6 Å². The Morgan fingerprint density at radius 2 is 2.29 bits per heavy atom. The molecule has 2 atom stereocenters. The first-order valence-corrected chi connectivity index (χ1v) is 5.02. The van der Waals surface area contributed by atoms with Crippen LogP contribution in [0.15, 0.2) is 24.4 Å². The lowest BCUT2D eigenvalue weighted by molar-refractivity contribution is 0.187. The highest BCUT2D eigenvalue weighted by Gasteiger charge is 2.19. The molecule has 0 saturated carbocycles. The topological polar surface area (TPSA) is 45.1 Å². The number of aromatic nitrogens is 1. The van der Waals surface area contributed by atoms with Crippen LogP contribution in [0.4, 0.5) is 0 Å². The minimum atomic E-state index is 0.145. The van der Waals surface area contributed by atoms with E-state index in [1.165, 1.54) is 0 Å². The second-order valence-electron chi connectivity index (χ2n) is 3.37. The minimum Gasteiger partial charge on any atom is -0.396 e. The molecule has 1 aromatic heterocycles. The zero-order valence-electron chi connectivity index (χ0n) is 8.77. The molecule has 1 heterocycles. The Hall–Kier alpha value is -0.930. The van der Waals surface area contributed by atoms with Gasteiger partial charge in [0.1, 0.15) is 0 Å². The van der Waals surface area contributed by atoms with Crippen LogP contribution in [0.5, 0.6) is 0 Å². The summed E-state index contributed by atoms with van der Waals surface area (Å²) in [6, 6.07) is 6.00. The normalized spacial score (nSPS) is 15.1. The van der Waals surface area contributed by atoms with E-state index in [0.717, 1.165) is 12.1 Å². The van der Waals surface area contributed by atoms with E-state index in [-0.39, 0.29) is 18.6 Å². The molecule has 1 aromatic rings. The Labute approximate surface area is 85.2 Å². The largest absolute Gasteiger partial charge is 0.396 e. The summed E-state index contributed by atoms with van der Waals surface area (Å²) in [6.45, 7) is 2.27. The predicted molar refractivity (Wildman–Crippen MR) is 56.9 cm³/mol. The maximum absolute atomic E-state index is 9.22. The molecular weight excluding hydrogens is 176 g/mol. The molecule has 0 spiro atoms. The first-order valence-electron chi connectivity index (χ1n) is 5.02. The van der Waals surface area contributed by atoms with Crippen molar-refractivity contribution in [1.29, 1.82) is 0 Å². The summed E-state index contributed by atoms with van der Waals surface area (Å²) < 4.78 is 0. The van der Waals surface area contributed by atoms with Gasteiger partial charge >= 0.3 is 0 Å². The molecule has 0 fully saturated rings. The number of nitrogens with zero attached hydrogens (tertiary/aromatic N) is 1. The molecular formula is C11H18N2O. The maximum atomic E-state index is 9.22. The summed E-state index contributed by atoms with van der Waals surface area (Å²) in [5.74, 6) is 0.231. The van der Waals surface area contributed by atoms with E-state index in [9.17, 15) is 5.11 Å². The number of rotatable bonds is 5. The number of nitrogens with one attached hydrogen (secondary N) is 1. The third-order valence-electron chi connectivity index (χ3n) is 2.55. The van der Waals surface area contributed by atoms with Crippen LogP contribution in [0, 0.1) is 5.92 Å². The fourth-order valence-corrected chi connectivity index (χ4v) is 1.66. The molecule has 78 valence electrons. The van der Waals surface area contributed by atoms with Crippen LogP contribution in [0.3, 0.4) is 0 Å². The van der Waals surface area contributed by atoms with Crippen molar-refractivity contribution in [2.24, 2.45) is 5.92 Å². The molecule has 0 bridgehead atoms. The third kappa shape index (κ3) is 2.53. The molecule has 1 rings (SSSR count). The molecule has 2 unspecified atom stereocenters. The molecule has 0 aliphatic heterocycles. The number of hydrogen-bond acceptors (Lipinski definition) is 3. The molecule has 3 nitrogen and oxygen atoms in total. The van der Waals surface area contributed by atoms with Crippen molar-refractivity contribution < 1.29 is 5.11 Å². The van der Waals surface area contributed by atoms with Crippen molar-refractivity contribution in [3.05, 3.63) is 30.1 Å². The summed E-state index contributed by atoms with van der Waals surface area (Å²) in [4.78, 5) is 4.29. The van der Waals surface area contributed by atoms with Gasteiger partial charge in [0.2, 0.25) is 0 Å². The summed E-state index contributed by atoms with van der Waals surface area (Å²) in [7, 11) is 1.90. The van der Waals surface area contributed by atoms with E-state index in [2.05, 4.69) is 17.2 Å². The van der Waals surface area contributed by atoms with Gasteiger partial charge in [0, 0.05) is 18.7 Å². The predicted octanol–water partition coefficient (Wildman–Crippen LogP) is 1.36. The summed E-state index contributed by atoms with van der Waals surface area (Å²) >= 11 is 0. The highest BCUT2D eigenvalue weighted by atomic mass is 16.3. The smallest absolute Gasteiger partial charge is 0.0576 e. The SMILES string of the molecule is CCC(CO)C(NC)c1ccccn1. The molecule has 0 aliphatic carbocycles. The average Bonchev–Trinajstić information content (AvgIpc) is 2.27. The summed E-state index contributed by atoms with van der Waals surface area (Å²) in [6.07, 6.45) is 2.72. The van der Waals surface area contributed by atoms with Gasteiger partial charge in [-0.3, -0.25) is 4.98 Å². The fraction of sp³-hybridized carbons (Fsp3) is 0.545. The summed E-state index contributed by atoms with van der Waals surface area (Å²) in [5, 5.41) is 12.4. The molecule has 0 aliphatic rings. The van der Waals surface area contributed by atoms with E-state index in [1.807, 2.05) is 25.2 Å². The van der Waals surface area contributed by atoms with Gasteiger partial charge in [0.25, 0.3) is 0 Å². The van der Waals surface area contributed by atoms with E-state index >= 15 is 0 Å². The maximum Gasteiger partial charge on any atom is 0.0576 e. The number of pyridine rings is 1. The lowest BCUT2D eigenvalue weighted by Crippen LogP contribution is -2.28. The van der Waals surface area contributed by atoms with Gasteiger partial charge < -0.3 is 10.4 Å². The van der Waals surface area contributed by atoms with Gasteiger partial charge in [-0.15, -0.1) is 0 Å². The van der Waals surface area contributed by atoms with Crippen LogP contribution >= 0.6 is 0 Å². The van der Waals surface area contributed by atoms with Gasteiger partial charge in [-0.25, -0.2) is 0 Å². The monoisotopic (exact) mass is 194 g/mol. The second kappa shape index (κ2) is 5.73. The van der Waals surface area contributed by atoms with Crippen molar-refractivity contribution in [3.63, 3.8) is 0 Å². The van der Waals surface area contributed by atoms with Crippen LogP contribution in [0.2, 0.25) is 0 Å². The van der Waals surface area contributed by atoms with Gasteiger partial charge in [0.15, 0.2) is 0 Å². The average molecular weight is 194 g/mol. The van der Waals surface area contributed by atoms with Crippen molar-refractivity contribution in [3.8, 4) is 0 Å². The number of hydrogen-bond donors (Lipinski definition) is 2. The van der Waals surface area contributed by atoms with Crippen LogP contribution in [-0.2, 0) is 0 Å². The van der Waals surface area contributed by atoms with Crippen molar-refractivity contribution >= 4 is 0 Å². The fourth-order valence-electron chi connectivity index (χ4n) is 1.66. The molecule has 3 heteroatoms. The van der Waals surface area contributed by atoms with Crippen molar-refractivity contribution in [1.82, 2.24) is 10.3 Å². The zero-order valence-corrected chi connectivity index (χ0v) is 8.77. The van der Waals surface area contributed by atoms with Gasteiger partial charge in [-0.2, -0.15) is 0 Å². The first kappa shape index (κ1) is 11.1. The molecule has 0 aromatic carbocycles. The van der Waals surface area contributed by atoms with Crippen LogP contribution < -0.4 is 5.32 Å². The third-order valence-corrected chi connectivity index (χ3v) is 2.55. The first-order chi connectivity index (χ1) is 6.83. The van der Waals surface area contributed by atoms with E-state index in [4.69, 9.17) is 0 Å². The Bertz CT molecular complexity index is 247. The van der Waals surface area contributed by atoms with Gasteiger partial charge in [-0.1, -0.05) is 13.0 Å². The lowest BCUT2D eigenvalue weighted by Gasteiger charge is -2.23. The Morgan fingerprint density at radius 1 is 1.50 bits per heavy atom. The van der Waals surface area contributed by atoms with E-state index < -0.39 is 0 Å². The van der Waals surface area contributed by atoms with Crippen molar-refractivity contribution in [2.75, 3.05) is 13.7 Å². The van der Waals surface area contributed by atoms with Crippen LogP contribution in [0.25, 0.3) is 0 Å². The standard InChI is InChI=1S/C11H18N2O/c1-3-9(8-14)11(12-2)10-6-4-5-7-13-10/h4-7,9,11-12,14H,3,8H2,1-2H3. The Balaban J connectivity index is 2.81. The minimum absolute atomic E-state index is 0.145. The van der Waals surface area contributed by atoms with E-state index in [1.54, 1.807) is 6.20 Å². The molecule has 2 N–H and O–H groups in total. The summed E-state index contributed by atoms with van der Waals surface area (Å²) in [5.41, 5.74) is 0.996. The Morgan fingerprint density at radius 3 is 2.71 bits per heavy atom. The number of aliphatic hydroxyl groups is 1. The lowest BCUT2D eigenvalue weighted by atomic mass is 9.95. The van der Waals surface area contributed by atoms with Gasteiger partial charge in [0.05, 0.1) is 11.7 Å². The van der Waals surface area contributed by atoms with E-state index in [0.29, 0.717) is 0 Å². The molecule has 0 saturated heterocycles. The Kier molecular flexibility index (Phi) is 4.56. The molecule has 0 amide bonds. The van der Waals surface area contributed by atoms with Crippen LogP contribution in [-0.4, -0.2) is 23.7 Å². The van der Waals surface area contributed by atoms with Crippen LogP contribution in [0.1, 0.15) is 25.1 Å². The zero-order chi connectivity index (χ0) is 10.4. The molecule has 14 heavy (non-hydrogen) atoms. The quantitative estimate of drug-likeness (QED) is 0.744.